The standard InChI is InChI=1S/C14H9ClN2O3/c15-12-3-6-14(17(18)19)11(7-12)9-20-13-4-1-10(8-16)2-5-13/h1-7H,9H2. The summed E-state index contributed by atoms with van der Waals surface area (Å²) in [5, 5.41) is 20.0. The van der Waals surface area contributed by atoms with Gasteiger partial charge in [-0.2, -0.15) is 5.26 Å². The van der Waals surface area contributed by atoms with Gasteiger partial charge in [-0.1, -0.05) is 11.6 Å². The molecule has 0 saturated carbocycles. The summed E-state index contributed by atoms with van der Waals surface area (Å²) >= 11 is 5.83. The summed E-state index contributed by atoms with van der Waals surface area (Å²) in [5.74, 6) is 0.526. The number of rotatable bonds is 4. The zero-order valence-corrected chi connectivity index (χ0v) is 11.0. The fraction of sp³-hybridized carbons (Fsp3) is 0.0714. The fourth-order valence-electron chi connectivity index (χ4n) is 1.63. The molecular weight excluding hydrogens is 280 g/mol. The van der Waals surface area contributed by atoms with Crippen molar-refractivity contribution >= 4 is 17.3 Å². The SMILES string of the molecule is N#Cc1ccc(OCc2cc(Cl)ccc2[N+](=O)[O-])cc1. The van der Waals surface area contributed by atoms with Gasteiger partial charge in [0.2, 0.25) is 0 Å². The monoisotopic (exact) mass is 288 g/mol. The van der Waals surface area contributed by atoms with Gasteiger partial charge >= 0.3 is 0 Å². The zero-order valence-electron chi connectivity index (χ0n) is 10.2. The number of hydrogen-bond acceptors (Lipinski definition) is 4. The Labute approximate surface area is 120 Å². The first kappa shape index (κ1) is 13.8. The summed E-state index contributed by atoms with van der Waals surface area (Å²) in [6, 6.07) is 12.8. The second-order valence-electron chi connectivity index (χ2n) is 3.95. The van der Waals surface area contributed by atoms with Crippen LogP contribution in [0.4, 0.5) is 5.69 Å². The minimum absolute atomic E-state index is 0.0305. The van der Waals surface area contributed by atoms with Crippen molar-refractivity contribution in [2.24, 2.45) is 0 Å². The van der Waals surface area contributed by atoms with E-state index in [1.165, 1.54) is 18.2 Å². The predicted molar refractivity (Wildman–Crippen MR) is 73.6 cm³/mol. The molecule has 0 atom stereocenters. The van der Waals surface area contributed by atoms with Crippen LogP contribution in [-0.4, -0.2) is 4.92 Å². The lowest BCUT2D eigenvalue weighted by molar-refractivity contribution is -0.385. The lowest BCUT2D eigenvalue weighted by atomic mass is 10.2. The Morgan fingerprint density at radius 2 is 1.95 bits per heavy atom. The Bertz CT molecular complexity index is 678. The molecule has 5 nitrogen and oxygen atoms in total. The molecule has 100 valence electrons. The first-order valence-corrected chi connectivity index (χ1v) is 6.04. The van der Waals surface area contributed by atoms with Crippen molar-refractivity contribution in [2.45, 2.75) is 6.61 Å². The second-order valence-corrected chi connectivity index (χ2v) is 4.39. The zero-order chi connectivity index (χ0) is 14.5. The van der Waals surface area contributed by atoms with Crippen LogP contribution in [0.1, 0.15) is 11.1 Å². The molecule has 0 saturated heterocycles. The van der Waals surface area contributed by atoms with Crippen molar-refractivity contribution < 1.29 is 9.66 Å². The van der Waals surface area contributed by atoms with Crippen LogP contribution in [0.25, 0.3) is 0 Å². The first-order valence-electron chi connectivity index (χ1n) is 5.66. The molecule has 20 heavy (non-hydrogen) atoms. The van der Waals surface area contributed by atoms with E-state index in [4.69, 9.17) is 21.6 Å². The van der Waals surface area contributed by atoms with Crippen molar-refractivity contribution in [2.75, 3.05) is 0 Å². The maximum absolute atomic E-state index is 10.9. The molecule has 0 radical (unpaired) electrons. The molecule has 0 bridgehead atoms. The highest BCUT2D eigenvalue weighted by molar-refractivity contribution is 6.30. The molecule has 0 N–H and O–H groups in total. The van der Waals surface area contributed by atoms with Crippen molar-refractivity contribution in [3.8, 4) is 11.8 Å². The van der Waals surface area contributed by atoms with E-state index in [1.807, 2.05) is 6.07 Å². The van der Waals surface area contributed by atoms with Crippen LogP contribution in [0.2, 0.25) is 5.02 Å². The van der Waals surface area contributed by atoms with Crippen LogP contribution in [0.15, 0.2) is 42.5 Å². The molecule has 0 unspecified atom stereocenters. The number of nitrogens with zero attached hydrogens (tertiary/aromatic N) is 2. The quantitative estimate of drug-likeness (QED) is 0.635. The van der Waals surface area contributed by atoms with E-state index in [9.17, 15) is 10.1 Å². The van der Waals surface area contributed by atoms with Crippen LogP contribution in [-0.2, 0) is 6.61 Å². The molecular formula is C14H9ClN2O3. The average molecular weight is 289 g/mol. The highest BCUT2D eigenvalue weighted by Gasteiger charge is 2.14. The van der Waals surface area contributed by atoms with Gasteiger partial charge in [0, 0.05) is 11.1 Å². The normalized spacial score (nSPS) is 9.80. The van der Waals surface area contributed by atoms with Gasteiger partial charge in [-0.3, -0.25) is 10.1 Å². The smallest absolute Gasteiger partial charge is 0.276 e. The van der Waals surface area contributed by atoms with Crippen molar-refractivity contribution in [1.82, 2.24) is 0 Å². The van der Waals surface area contributed by atoms with E-state index in [2.05, 4.69) is 0 Å². The lowest BCUT2D eigenvalue weighted by Crippen LogP contribution is -2.00. The highest BCUT2D eigenvalue weighted by atomic mass is 35.5. The van der Waals surface area contributed by atoms with E-state index in [0.717, 1.165) is 0 Å². The Balaban J connectivity index is 2.15. The molecule has 2 aromatic rings. The Hall–Kier alpha value is -2.58. The molecule has 0 aliphatic rings. The summed E-state index contributed by atoms with van der Waals surface area (Å²) in [7, 11) is 0. The third-order valence-electron chi connectivity index (χ3n) is 2.62. The third-order valence-corrected chi connectivity index (χ3v) is 2.85. The Morgan fingerprint density at radius 3 is 2.55 bits per heavy atom. The van der Waals surface area contributed by atoms with Gasteiger partial charge in [-0.05, 0) is 36.4 Å². The molecule has 0 fully saturated rings. The highest BCUT2D eigenvalue weighted by Crippen LogP contribution is 2.24. The van der Waals surface area contributed by atoms with Crippen LogP contribution in [0.5, 0.6) is 5.75 Å². The summed E-state index contributed by atoms with van der Waals surface area (Å²) in [5.41, 5.74) is 0.876. The molecule has 0 aromatic heterocycles. The van der Waals surface area contributed by atoms with Crippen LogP contribution in [0.3, 0.4) is 0 Å². The maximum atomic E-state index is 10.9. The average Bonchev–Trinajstić information content (AvgIpc) is 2.45. The summed E-state index contributed by atoms with van der Waals surface area (Å²) in [6.07, 6.45) is 0. The first-order chi connectivity index (χ1) is 9.60. The number of nitriles is 1. The van der Waals surface area contributed by atoms with Gasteiger partial charge in [-0.15, -0.1) is 0 Å². The topological polar surface area (TPSA) is 76.2 Å². The summed E-state index contributed by atoms with van der Waals surface area (Å²) in [4.78, 5) is 10.4. The fourth-order valence-corrected chi connectivity index (χ4v) is 1.83. The number of benzene rings is 2. The molecule has 0 amide bonds. The molecule has 0 heterocycles. The van der Waals surface area contributed by atoms with Crippen LogP contribution in [0, 0.1) is 21.4 Å². The molecule has 0 aliphatic heterocycles. The van der Waals surface area contributed by atoms with E-state index in [-0.39, 0.29) is 12.3 Å². The molecule has 0 spiro atoms. The van der Waals surface area contributed by atoms with Gasteiger partial charge in [-0.25, -0.2) is 0 Å². The van der Waals surface area contributed by atoms with E-state index >= 15 is 0 Å². The number of nitro benzene ring substituents is 1. The number of nitro groups is 1. The lowest BCUT2D eigenvalue weighted by Gasteiger charge is -2.07. The Morgan fingerprint density at radius 1 is 1.25 bits per heavy atom. The van der Waals surface area contributed by atoms with E-state index in [0.29, 0.717) is 21.9 Å². The molecule has 6 heteroatoms. The van der Waals surface area contributed by atoms with Gasteiger partial charge < -0.3 is 4.74 Å². The van der Waals surface area contributed by atoms with Crippen LogP contribution < -0.4 is 4.74 Å². The minimum atomic E-state index is -0.478. The summed E-state index contributed by atoms with van der Waals surface area (Å²) < 4.78 is 5.46. The molecule has 2 rings (SSSR count). The van der Waals surface area contributed by atoms with Crippen molar-refractivity contribution in [3.63, 3.8) is 0 Å². The number of hydrogen-bond donors (Lipinski definition) is 0. The predicted octanol–water partition coefficient (Wildman–Crippen LogP) is 3.70. The van der Waals surface area contributed by atoms with Crippen molar-refractivity contribution in [1.29, 1.82) is 5.26 Å². The van der Waals surface area contributed by atoms with Gasteiger partial charge in [0.05, 0.1) is 22.1 Å². The third kappa shape index (κ3) is 3.25. The number of ether oxygens (including phenoxy) is 1. The number of halogens is 1. The van der Waals surface area contributed by atoms with Gasteiger partial charge in [0.15, 0.2) is 0 Å². The molecule has 0 aliphatic carbocycles. The second kappa shape index (κ2) is 6.04. The minimum Gasteiger partial charge on any atom is -0.489 e. The van der Waals surface area contributed by atoms with Gasteiger partial charge in [0.1, 0.15) is 12.4 Å². The largest absolute Gasteiger partial charge is 0.489 e. The molecule has 2 aromatic carbocycles. The van der Waals surface area contributed by atoms with Crippen LogP contribution >= 0.6 is 11.6 Å². The van der Waals surface area contributed by atoms with E-state index < -0.39 is 4.92 Å². The van der Waals surface area contributed by atoms with Crippen molar-refractivity contribution in [3.05, 3.63) is 68.7 Å². The van der Waals surface area contributed by atoms with Gasteiger partial charge in [0.25, 0.3) is 5.69 Å². The van der Waals surface area contributed by atoms with E-state index in [1.54, 1.807) is 24.3 Å². The summed E-state index contributed by atoms with van der Waals surface area (Å²) in [6.45, 7) is 0.0305. The maximum Gasteiger partial charge on any atom is 0.276 e. The Kier molecular flexibility index (Phi) is 4.18.